The minimum absolute atomic E-state index is 0.0259. The molecule has 0 radical (unpaired) electrons. The Morgan fingerprint density at radius 1 is 1.15 bits per heavy atom. The van der Waals surface area contributed by atoms with E-state index in [2.05, 4.69) is 36.5 Å². The van der Waals surface area contributed by atoms with Gasteiger partial charge in [0.2, 0.25) is 5.91 Å². The summed E-state index contributed by atoms with van der Waals surface area (Å²) in [6, 6.07) is 13.5. The Morgan fingerprint density at radius 3 is 2.77 bits per heavy atom. The molecule has 1 amide bonds. The monoisotopic (exact) mass is 448 g/mol. The molecular formula is C18H17BrN4OS2. The lowest BCUT2D eigenvalue weighted by molar-refractivity contribution is -0.115. The van der Waals surface area contributed by atoms with E-state index in [9.17, 15) is 4.79 Å². The van der Waals surface area contributed by atoms with Crippen molar-refractivity contribution >= 4 is 71.5 Å². The first-order valence-electron chi connectivity index (χ1n) is 7.84. The molecule has 0 saturated heterocycles. The van der Waals surface area contributed by atoms with E-state index in [0.717, 1.165) is 26.8 Å². The van der Waals surface area contributed by atoms with Crippen LogP contribution in [0.3, 0.4) is 0 Å². The Hall–Kier alpha value is -1.77. The molecule has 3 aromatic rings. The van der Waals surface area contributed by atoms with Crippen LogP contribution in [0.15, 0.2) is 53.3 Å². The standard InChI is InChI=1S/C18H17BrN4OS2/c1-11(26-25-2)18(24)23-14-6-7-16-15(9-14)17(21-10-20-16)22-13-5-3-4-12(19)8-13/h3-11H,1-2H3,(H,23,24)(H,20,21,22). The summed E-state index contributed by atoms with van der Waals surface area (Å²) in [6.07, 6.45) is 3.49. The summed E-state index contributed by atoms with van der Waals surface area (Å²) in [7, 11) is 3.11. The lowest BCUT2D eigenvalue weighted by Crippen LogP contribution is -2.21. The first-order chi connectivity index (χ1) is 12.6. The highest BCUT2D eigenvalue weighted by Gasteiger charge is 2.14. The van der Waals surface area contributed by atoms with Gasteiger partial charge in [-0.2, -0.15) is 0 Å². The number of hydrogen-bond donors (Lipinski definition) is 2. The van der Waals surface area contributed by atoms with Crippen LogP contribution < -0.4 is 10.6 Å². The van der Waals surface area contributed by atoms with Gasteiger partial charge in [-0.15, -0.1) is 0 Å². The van der Waals surface area contributed by atoms with Crippen LogP contribution in [0.1, 0.15) is 6.92 Å². The lowest BCUT2D eigenvalue weighted by atomic mass is 10.2. The minimum Gasteiger partial charge on any atom is -0.340 e. The van der Waals surface area contributed by atoms with Crippen molar-refractivity contribution in [3.63, 3.8) is 0 Å². The summed E-state index contributed by atoms with van der Waals surface area (Å²) in [5.41, 5.74) is 2.45. The lowest BCUT2D eigenvalue weighted by Gasteiger charge is -2.12. The second kappa shape index (κ2) is 8.75. The largest absolute Gasteiger partial charge is 0.340 e. The number of anilines is 3. The highest BCUT2D eigenvalue weighted by molar-refractivity contribution is 9.10. The molecule has 0 saturated carbocycles. The second-order valence-electron chi connectivity index (χ2n) is 5.48. The topological polar surface area (TPSA) is 66.9 Å². The second-order valence-corrected chi connectivity index (χ2v) is 9.21. The van der Waals surface area contributed by atoms with Crippen LogP contribution >= 0.6 is 37.5 Å². The van der Waals surface area contributed by atoms with Gasteiger partial charge in [0, 0.05) is 21.2 Å². The van der Waals surface area contributed by atoms with Crippen molar-refractivity contribution < 1.29 is 4.79 Å². The number of carbonyl (C=O) groups is 1. The van der Waals surface area contributed by atoms with E-state index in [1.54, 1.807) is 10.8 Å². The molecule has 1 heterocycles. The summed E-state index contributed by atoms with van der Waals surface area (Å²) in [6.45, 7) is 1.89. The number of hydrogen-bond acceptors (Lipinski definition) is 6. The van der Waals surface area contributed by atoms with Gasteiger partial charge in [-0.25, -0.2) is 9.97 Å². The van der Waals surface area contributed by atoms with E-state index < -0.39 is 0 Å². The van der Waals surface area contributed by atoms with Gasteiger partial charge in [0.25, 0.3) is 0 Å². The zero-order valence-corrected chi connectivity index (χ0v) is 17.4. The van der Waals surface area contributed by atoms with E-state index in [1.165, 1.54) is 17.1 Å². The number of nitrogens with zero attached hydrogens (tertiary/aromatic N) is 2. The van der Waals surface area contributed by atoms with E-state index in [-0.39, 0.29) is 11.2 Å². The maximum atomic E-state index is 12.3. The Kier molecular flexibility index (Phi) is 6.39. The van der Waals surface area contributed by atoms with Crippen LogP contribution in [0.5, 0.6) is 0 Å². The van der Waals surface area contributed by atoms with Gasteiger partial charge < -0.3 is 10.6 Å². The Bertz CT molecular complexity index is 938. The van der Waals surface area contributed by atoms with Crippen molar-refractivity contribution in [1.82, 2.24) is 9.97 Å². The van der Waals surface area contributed by atoms with Crippen LogP contribution in [-0.2, 0) is 4.79 Å². The molecule has 1 unspecified atom stereocenters. The van der Waals surface area contributed by atoms with Crippen LogP contribution in [0.2, 0.25) is 0 Å². The summed E-state index contributed by atoms with van der Waals surface area (Å²) in [4.78, 5) is 20.9. The summed E-state index contributed by atoms with van der Waals surface area (Å²) < 4.78 is 0.981. The van der Waals surface area contributed by atoms with Gasteiger partial charge in [0.05, 0.1) is 10.8 Å². The molecule has 0 fully saturated rings. The molecule has 1 aromatic heterocycles. The van der Waals surface area contributed by atoms with Crippen molar-refractivity contribution in [2.75, 3.05) is 16.9 Å². The molecule has 3 rings (SSSR count). The SMILES string of the molecule is CSSC(C)C(=O)Nc1ccc2ncnc(Nc3cccc(Br)c3)c2c1. The molecule has 26 heavy (non-hydrogen) atoms. The molecule has 0 aliphatic carbocycles. The smallest absolute Gasteiger partial charge is 0.238 e. The van der Waals surface area contributed by atoms with Crippen molar-refractivity contribution in [2.24, 2.45) is 0 Å². The summed E-state index contributed by atoms with van der Waals surface area (Å²) >= 11 is 3.47. The number of halogens is 1. The Labute approximate surface area is 168 Å². The molecular weight excluding hydrogens is 432 g/mol. The third-order valence-corrected chi connectivity index (χ3v) is 6.23. The molecule has 5 nitrogen and oxygen atoms in total. The molecule has 0 aliphatic rings. The average molecular weight is 449 g/mol. The molecule has 134 valence electrons. The van der Waals surface area contributed by atoms with Gasteiger partial charge >= 0.3 is 0 Å². The van der Waals surface area contributed by atoms with Gasteiger partial charge in [0.15, 0.2) is 0 Å². The van der Waals surface area contributed by atoms with Crippen LogP contribution in [0.4, 0.5) is 17.2 Å². The Balaban J connectivity index is 1.89. The normalized spacial score (nSPS) is 12.0. The van der Waals surface area contributed by atoms with Gasteiger partial charge in [-0.3, -0.25) is 4.79 Å². The summed E-state index contributed by atoms with van der Waals surface area (Å²) in [5, 5.41) is 6.98. The molecule has 8 heteroatoms. The van der Waals surface area contributed by atoms with Gasteiger partial charge in [-0.1, -0.05) is 43.6 Å². The highest BCUT2D eigenvalue weighted by Crippen LogP contribution is 2.28. The van der Waals surface area contributed by atoms with E-state index in [4.69, 9.17) is 0 Å². The number of aromatic nitrogens is 2. The van der Waals surface area contributed by atoms with E-state index >= 15 is 0 Å². The van der Waals surface area contributed by atoms with Crippen LogP contribution in [-0.4, -0.2) is 27.4 Å². The van der Waals surface area contributed by atoms with Gasteiger partial charge in [-0.05, 0) is 49.6 Å². The van der Waals surface area contributed by atoms with Crippen LogP contribution in [0.25, 0.3) is 10.9 Å². The number of amides is 1. The number of fused-ring (bicyclic) bond motifs is 1. The van der Waals surface area contributed by atoms with Gasteiger partial charge in [0.1, 0.15) is 12.1 Å². The highest BCUT2D eigenvalue weighted by atomic mass is 79.9. The quantitative estimate of drug-likeness (QED) is 0.487. The molecule has 2 N–H and O–H groups in total. The van der Waals surface area contributed by atoms with E-state index in [1.807, 2.05) is 55.6 Å². The van der Waals surface area contributed by atoms with Crippen LogP contribution in [0, 0.1) is 0 Å². The third kappa shape index (κ3) is 4.69. The maximum Gasteiger partial charge on any atom is 0.238 e. The number of rotatable bonds is 6. The zero-order chi connectivity index (χ0) is 18.5. The van der Waals surface area contributed by atoms with Crippen molar-refractivity contribution in [3.8, 4) is 0 Å². The fourth-order valence-corrected chi connectivity index (χ4v) is 4.33. The first kappa shape index (κ1) is 19.0. The zero-order valence-electron chi connectivity index (χ0n) is 14.2. The summed E-state index contributed by atoms with van der Waals surface area (Å²) in [5.74, 6) is 0.665. The average Bonchev–Trinajstić information content (AvgIpc) is 2.62. The molecule has 0 aliphatic heterocycles. The van der Waals surface area contributed by atoms with Crippen molar-refractivity contribution in [1.29, 1.82) is 0 Å². The number of benzene rings is 2. The molecule has 1 atom stereocenters. The molecule has 2 aromatic carbocycles. The minimum atomic E-state index is -0.132. The number of nitrogens with one attached hydrogen (secondary N) is 2. The predicted molar refractivity (Wildman–Crippen MR) is 116 cm³/mol. The van der Waals surface area contributed by atoms with Crippen molar-refractivity contribution in [3.05, 3.63) is 53.3 Å². The third-order valence-electron chi connectivity index (χ3n) is 3.60. The van der Waals surface area contributed by atoms with E-state index in [0.29, 0.717) is 5.82 Å². The van der Waals surface area contributed by atoms with Crippen molar-refractivity contribution in [2.45, 2.75) is 12.2 Å². The number of carbonyl (C=O) groups excluding carboxylic acids is 1. The molecule has 0 bridgehead atoms. The first-order valence-corrected chi connectivity index (χ1v) is 11.3. The predicted octanol–water partition coefficient (Wildman–Crippen LogP) is 5.47. The fraction of sp³-hybridized carbons (Fsp3) is 0.167. The Morgan fingerprint density at radius 2 is 2.00 bits per heavy atom. The maximum absolute atomic E-state index is 12.3. The molecule has 0 spiro atoms. The fourth-order valence-electron chi connectivity index (χ4n) is 2.37.